The van der Waals surface area contributed by atoms with Crippen molar-refractivity contribution in [2.45, 2.75) is 31.7 Å². The third-order valence-corrected chi connectivity index (χ3v) is 5.75. The molecule has 0 heterocycles. The minimum absolute atomic E-state index is 0.00552. The number of amides is 2. The van der Waals surface area contributed by atoms with Crippen molar-refractivity contribution in [1.29, 1.82) is 0 Å². The summed E-state index contributed by atoms with van der Waals surface area (Å²) in [4.78, 5) is 24.5. The lowest BCUT2D eigenvalue weighted by Gasteiger charge is -2.16. The molecule has 9 heteroatoms. The molecule has 0 spiro atoms. The predicted molar refractivity (Wildman–Crippen MR) is 109 cm³/mol. The largest absolute Gasteiger partial charge is 0.352 e. The highest BCUT2D eigenvalue weighted by atomic mass is 35.5. The normalized spacial score (nSPS) is 12.3. The van der Waals surface area contributed by atoms with Crippen LogP contribution in [0.5, 0.6) is 0 Å². The molecule has 2 aromatic rings. The fourth-order valence-electron chi connectivity index (χ4n) is 2.37. The molecule has 0 fully saturated rings. The van der Waals surface area contributed by atoms with Crippen LogP contribution >= 0.6 is 11.6 Å². The second kappa shape index (κ2) is 9.18. The molecule has 0 bridgehead atoms. The van der Waals surface area contributed by atoms with Crippen molar-refractivity contribution < 1.29 is 18.0 Å². The van der Waals surface area contributed by atoms with Crippen molar-refractivity contribution in [1.82, 2.24) is 10.0 Å². The zero-order chi connectivity index (χ0) is 20.9. The number of rotatable bonds is 7. The Morgan fingerprint density at radius 2 is 1.75 bits per heavy atom. The first kappa shape index (κ1) is 21.9. The summed E-state index contributed by atoms with van der Waals surface area (Å²) in [5.41, 5.74) is 1.58. The lowest BCUT2D eigenvalue weighted by atomic mass is 10.1. The van der Waals surface area contributed by atoms with Gasteiger partial charge in [0.05, 0.1) is 10.9 Å². The molecule has 2 amide bonds. The highest BCUT2D eigenvalue weighted by molar-refractivity contribution is 7.89. The van der Waals surface area contributed by atoms with Gasteiger partial charge in [-0.2, -0.15) is 4.72 Å². The van der Waals surface area contributed by atoms with Crippen LogP contribution in [0.25, 0.3) is 0 Å². The molecule has 28 heavy (non-hydrogen) atoms. The molecule has 0 aliphatic carbocycles. The summed E-state index contributed by atoms with van der Waals surface area (Å²) in [7, 11) is -3.89. The van der Waals surface area contributed by atoms with E-state index in [1.165, 1.54) is 31.2 Å². The molecule has 1 atom stereocenters. The van der Waals surface area contributed by atoms with Gasteiger partial charge in [-0.3, -0.25) is 9.59 Å². The Balaban J connectivity index is 2.13. The van der Waals surface area contributed by atoms with Crippen LogP contribution in [-0.4, -0.2) is 32.8 Å². The van der Waals surface area contributed by atoms with Crippen LogP contribution in [0.3, 0.4) is 0 Å². The van der Waals surface area contributed by atoms with Gasteiger partial charge in [0.2, 0.25) is 15.9 Å². The molecule has 0 aromatic heterocycles. The Kier molecular flexibility index (Phi) is 7.17. The lowest BCUT2D eigenvalue weighted by Crippen LogP contribution is -2.41. The van der Waals surface area contributed by atoms with Crippen LogP contribution in [0.4, 0.5) is 5.69 Å². The van der Waals surface area contributed by atoms with Gasteiger partial charge in [-0.15, -0.1) is 0 Å². The van der Waals surface area contributed by atoms with E-state index in [0.29, 0.717) is 22.8 Å². The molecule has 0 unspecified atom stereocenters. The Bertz CT molecular complexity index is 975. The molecule has 3 N–H and O–H groups in total. The number of nitrogens with one attached hydrogen (secondary N) is 3. The zero-order valence-corrected chi connectivity index (χ0v) is 17.3. The number of halogens is 1. The maximum atomic E-state index is 12.5. The Labute approximate surface area is 169 Å². The van der Waals surface area contributed by atoms with Crippen molar-refractivity contribution in [3.05, 3.63) is 58.6 Å². The second-order valence-electron chi connectivity index (χ2n) is 6.18. The molecule has 2 rings (SSSR count). The third-order valence-electron chi connectivity index (χ3n) is 3.94. The summed E-state index contributed by atoms with van der Waals surface area (Å²) in [6, 6.07) is 9.51. The standard InChI is InChI=1S/C19H22ClN3O4S/c1-4-21-19(25)14-6-5-12(2)17(11-14)22-18(24)13(3)23-28(26,27)16-9-7-15(20)8-10-16/h5-11,13,23H,4H2,1-3H3,(H,21,25)(H,22,24)/t13-/m0/s1. The van der Waals surface area contributed by atoms with Gasteiger partial charge in [0.25, 0.3) is 5.91 Å². The Morgan fingerprint density at radius 3 is 2.36 bits per heavy atom. The van der Waals surface area contributed by atoms with Crippen LogP contribution in [0.1, 0.15) is 29.8 Å². The van der Waals surface area contributed by atoms with Crippen molar-refractivity contribution in [2.24, 2.45) is 0 Å². The van der Waals surface area contributed by atoms with Gasteiger partial charge < -0.3 is 10.6 Å². The summed E-state index contributed by atoms with van der Waals surface area (Å²) in [6.45, 7) is 5.51. The first-order valence-electron chi connectivity index (χ1n) is 8.61. The van der Waals surface area contributed by atoms with Crippen LogP contribution < -0.4 is 15.4 Å². The predicted octanol–water partition coefficient (Wildman–Crippen LogP) is 2.70. The van der Waals surface area contributed by atoms with Crippen molar-refractivity contribution in [2.75, 3.05) is 11.9 Å². The third kappa shape index (κ3) is 5.54. The van der Waals surface area contributed by atoms with E-state index in [2.05, 4.69) is 15.4 Å². The number of carbonyl (C=O) groups is 2. The highest BCUT2D eigenvalue weighted by Crippen LogP contribution is 2.18. The fourth-order valence-corrected chi connectivity index (χ4v) is 3.70. The minimum Gasteiger partial charge on any atom is -0.352 e. The van der Waals surface area contributed by atoms with Crippen LogP contribution in [-0.2, 0) is 14.8 Å². The molecule has 0 radical (unpaired) electrons. The van der Waals surface area contributed by atoms with E-state index in [9.17, 15) is 18.0 Å². The average molecular weight is 424 g/mol. The average Bonchev–Trinajstić information content (AvgIpc) is 2.63. The highest BCUT2D eigenvalue weighted by Gasteiger charge is 2.22. The SMILES string of the molecule is CCNC(=O)c1ccc(C)c(NC(=O)[C@H](C)NS(=O)(=O)c2ccc(Cl)cc2)c1. The topological polar surface area (TPSA) is 104 Å². The molecule has 2 aromatic carbocycles. The lowest BCUT2D eigenvalue weighted by molar-refractivity contribution is -0.117. The van der Waals surface area contributed by atoms with Gasteiger partial charge in [0.15, 0.2) is 0 Å². The Morgan fingerprint density at radius 1 is 1.11 bits per heavy atom. The number of hydrogen-bond acceptors (Lipinski definition) is 4. The van der Waals surface area contributed by atoms with E-state index in [1.807, 2.05) is 6.92 Å². The number of benzene rings is 2. The van der Waals surface area contributed by atoms with Crippen LogP contribution in [0.15, 0.2) is 47.4 Å². The van der Waals surface area contributed by atoms with E-state index >= 15 is 0 Å². The molecular formula is C19H22ClN3O4S. The van der Waals surface area contributed by atoms with Crippen LogP contribution in [0, 0.1) is 6.92 Å². The molecule has 0 saturated heterocycles. The number of anilines is 1. The van der Waals surface area contributed by atoms with Gasteiger partial charge in [-0.25, -0.2) is 8.42 Å². The quantitative estimate of drug-likeness (QED) is 0.636. The monoisotopic (exact) mass is 423 g/mol. The summed E-state index contributed by atoms with van der Waals surface area (Å²) in [5, 5.41) is 5.76. The Hall–Kier alpha value is -2.42. The zero-order valence-electron chi connectivity index (χ0n) is 15.7. The number of hydrogen-bond donors (Lipinski definition) is 3. The van der Waals surface area contributed by atoms with Gasteiger partial charge in [-0.05, 0) is 62.7 Å². The van der Waals surface area contributed by atoms with Crippen molar-refractivity contribution >= 4 is 39.1 Å². The maximum absolute atomic E-state index is 12.5. The van der Waals surface area contributed by atoms with E-state index in [1.54, 1.807) is 25.1 Å². The minimum atomic E-state index is -3.89. The molecule has 7 nitrogen and oxygen atoms in total. The second-order valence-corrected chi connectivity index (χ2v) is 8.33. The summed E-state index contributed by atoms with van der Waals surface area (Å²) in [5.74, 6) is -0.803. The van der Waals surface area contributed by atoms with E-state index < -0.39 is 22.0 Å². The maximum Gasteiger partial charge on any atom is 0.251 e. The number of aryl methyl sites for hydroxylation is 1. The van der Waals surface area contributed by atoms with Crippen molar-refractivity contribution in [3.63, 3.8) is 0 Å². The van der Waals surface area contributed by atoms with E-state index in [0.717, 1.165) is 5.56 Å². The molecular weight excluding hydrogens is 402 g/mol. The van der Waals surface area contributed by atoms with E-state index in [-0.39, 0.29) is 10.8 Å². The summed E-state index contributed by atoms with van der Waals surface area (Å²) in [6.07, 6.45) is 0. The van der Waals surface area contributed by atoms with E-state index in [4.69, 9.17) is 11.6 Å². The van der Waals surface area contributed by atoms with Gasteiger partial charge in [-0.1, -0.05) is 17.7 Å². The number of sulfonamides is 1. The molecule has 0 aliphatic rings. The van der Waals surface area contributed by atoms with Crippen LogP contribution in [0.2, 0.25) is 5.02 Å². The molecule has 150 valence electrons. The van der Waals surface area contributed by atoms with Crippen molar-refractivity contribution in [3.8, 4) is 0 Å². The smallest absolute Gasteiger partial charge is 0.251 e. The van der Waals surface area contributed by atoms with Gasteiger partial charge >= 0.3 is 0 Å². The molecule has 0 saturated carbocycles. The fraction of sp³-hybridized carbons (Fsp3) is 0.263. The summed E-state index contributed by atoms with van der Waals surface area (Å²) >= 11 is 5.77. The van der Waals surface area contributed by atoms with Gasteiger partial charge in [0, 0.05) is 22.8 Å². The first-order valence-corrected chi connectivity index (χ1v) is 10.5. The summed E-state index contributed by atoms with van der Waals surface area (Å²) < 4.78 is 27.1. The molecule has 0 aliphatic heterocycles. The first-order chi connectivity index (χ1) is 13.1. The number of carbonyl (C=O) groups excluding carboxylic acids is 2. The van der Waals surface area contributed by atoms with Gasteiger partial charge in [0.1, 0.15) is 0 Å².